The lowest BCUT2D eigenvalue weighted by Crippen LogP contribution is -2.26. The smallest absolute Gasteiger partial charge is 0.327 e. The lowest BCUT2D eigenvalue weighted by molar-refractivity contribution is -0.141. The van der Waals surface area contributed by atoms with E-state index in [1.807, 2.05) is 0 Å². The Morgan fingerprint density at radius 3 is 2.76 bits per heavy atom. The maximum atomic E-state index is 11.9. The summed E-state index contributed by atoms with van der Waals surface area (Å²) in [6.07, 6.45) is 0. The highest BCUT2D eigenvalue weighted by Gasteiger charge is 2.27. The van der Waals surface area contributed by atoms with Gasteiger partial charge in [0.1, 0.15) is 5.75 Å². The number of phenols is 1. The van der Waals surface area contributed by atoms with Crippen LogP contribution >= 0.6 is 27.5 Å². The maximum absolute atomic E-state index is 11.9. The average Bonchev–Trinajstić information content (AvgIpc) is 2.30. The largest absolute Gasteiger partial charge is 0.507 e. The van der Waals surface area contributed by atoms with Crippen molar-refractivity contribution in [2.45, 2.75) is 11.8 Å². The standard InChI is InChI=1S/C11H10BrClO4/c1-2-17-11(16)9(12)10(15)7-5-6(13)3-4-8(7)14/h3-5,9,14H,2H2,1H3. The van der Waals surface area contributed by atoms with Gasteiger partial charge < -0.3 is 9.84 Å². The lowest BCUT2D eigenvalue weighted by Gasteiger charge is -2.09. The highest BCUT2D eigenvalue weighted by molar-refractivity contribution is 9.10. The number of ketones is 1. The predicted molar refractivity (Wildman–Crippen MR) is 66.8 cm³/mol. The maximum Gasteiger partial charge on any atom is 0.327 e. The number of rotatable bonds is 4. The van der Waals surface area contributed by atoms with Crippen LogP contribution in [0, 0.1) is 0 Å². The van der Waals surface area contributed by atoms with Gasteiger partial charge in [-0.15, -0.1) is 0 Å². The molecule has 0 bridgehead atoms. The highest BCUT2D eigenvalue weighted by atomic mass is 79.9. The minimum Gasteiger partial charge on any atom is -0.507 e. The molecule has 6 heteroatoms. The van der Waals surface area contributed by atoms with E-state index >= 15 is 0 Å². The van der Waals surface area contributed by atoms with E-state index < -0.39 is 16.6 Å². The summed E-state index contributed by atoms with van der Waals surface area (Å²) in [6.45, 7) is 1.81. The lowest BCUT2D eigenvalue weighted by atomic mass is 10.1. The molecule has 0 aliphatic heterocycles. The van der Waals surface area contributed by atoms with Crippen molar-refractivity contribution in [1.82, 2.24) is 0 Å². The van der Waals surface area contributed by atoms with Crippen LogP contribution in [0.25, 0.3) is 0 Å². The van der Waals surface area contributed by atoms with Gasteiger partial charge in [-0.3, -0.25) is 9.59 Å². The van der Waals surface area contributed by atoms with E-state index in [4.69, 9.17) is 16.3 Å². The first-order chi connectivity index (χ1) is 7.97. The Morgan fingerprint density at radius 1 is 1.53 bits per heavy atom. The van der Waals surface area contributed by atoms with Gasteiger partial charge in [0.25, 0.3) is 0 Å². The molecule has 1 rings (SSSR count). The molecular formula is C11H10BrClO4. The Bertz CT molecular complexity index is 447. The number of halogens is 2. The Morgan fingerprint density at radius 2 is 2.18 bits per heavy atom. The van der Waals surface area contributed by atoms with Crippen LogP contribution in [-0.2, 0) is 9.53 Å². The minimum atomic E-state index is -1.15. The molecule has 1 aromatic carbocycles. The zero-order valence-corrected chi connectivity index (χ0v) is 11.3. The van der Waals surface area contributed by atoms with Crippen molar-refractivity contribution in [3.05, 3.63) is 28.8 Å². The molecule has 0 saturated heterocycles. The molecule has 0 amide bonds. The van der Waals surface area contributed by atoms with Crippen LogP contribution in [0.2, 0.25) is 5.02 Å². The number of alkyl halides is 1. The van der Waals surface area contributed by atoms with Gasteiger partial charge in [-0.2, -0.15) is 0 Å². The fraction of sp³-hybridized carbons (Fsp3) is 0.273. The minimum absolute atomic E-state index is 0.0209. The zero-order chi connectivity index (χ0) is 13.0. The van der Waals surface area contributed by atoms with Gasteiger partial charge >= 0.3 is 5.97 Å². The predicted octanol–water partition coefficient (Wildman–Crippen LogP) is 2.55. The van der Waals surface area contributed by atoms with Crippen LogP contribution in [0.5, 0.6) is 5.75 Å². The summed E-state index contributed by atoms with van der Waals surface area (Å²) in [5.74, 6) is -1.52. The van der Waals surface area contributed by atoms with E-state index in [0.29, 0.717) is 5.02 Å². The van der Waals surface area contributed by atoms with Crippen LogP contribution in [0.4, 0.5) is 0 Å². The number of esters is 1. The van der Waals surface area contributed by atoms with Crippen molar-refractivity contribution in [1.29, 1.82) is 0 Å². The third-order valence-corrected chi connectivity index (χ3v) is 2.97. The number of Topliss-reactive ketones (excluding diaryl/α,β-unsaturated/α-hetero) is 1. The molecule has 1 N–H and O–H groups in total. The quantitative estimate of drug-likeness (QED) is 0.401. The molecular weight excluding hydrogens is 311 g/mol. The van der Waals surface area contributed by atoms with Gasteiger partial charge in [0.05, 0.1) is 12.2 Å². The van der Waals surface area contributed by atoms with Crippen molar-refractivity contribution in [2.75, 3.05) is 6.61 Å². The van der Waals surface area contributed by atoms with Gasteiger partial charge in [0, 0.05) is 5.02 Å². The first-order valence-corrected chi connectivity index (χ1v) is 6.10. The van der Waals surface area contributed by atoms with Gasteiger partial charge in [0.2, 0.25) is 0 Å². The van der Waals surface area contributed by atoms with Gasteiger partial charge in [-0.05, 0) is 25.1 Å². The molecule has 0 spiro atoms. The molecule has 0 aliphatic rings. The molecule has 92 valence electrons. The summed E-state index contributed by atoms with van der Waals surface area (Å²) in [5, 5.41) is 9.81. The van der Waals surface area contributed by atoms with E-state index in [1.54, 1.807) is 6.92 Å². The number of phenolic OH excluding ortho intramolecular Hbond substituents is 1. The molecule has 0 fully saturated rings. The number of ether oxygens (including phenoxy) is 1. The fourth-order valence-corrected chi connectivity index (χ4v) is 1.72. The van der Waals surface area contributed by atoms with Gasteiger partial charge in [0.15, 0.2) is 10.6 Å². The first kappa shape index (κ1) is 14.0. The third kappa shape index (κ3) is 3.44. The second kappa shape index (κ2) is 6.02. The molecule has 4 nitrogen and oxygen atoms in total. The molecule has 0 heterocycles. The van der Waals surface area contributed by atoms with Crippen LogP contribution in [-0.4, -0.2) is 28.3 Å². The van der Waals surface area contributed by atoms with Crippen LogP contribution in [0.3, 0.4) is 0 Å². The number of benzene rings is 1. The SMILES string of the molecule is CCOC(=O)C(Br)C(=O)c1cc(Cl)ccc1O. The Kier molecular flexibility index (Phi) is 4.96. The normalized spacial score (nSPS) is 11.9. The van der Waals surface area contributed by atoms with E-state index in [1.165, 1.54) is 18.2 Å². The van der Waals surface area contributed by atoms with Crippen molar-refractivity contribution >= 4 is 39.3 Å². The van der Waals surface area contributed by atoms with Crippen LogP contribution < -0.4 is 0 Å². The molecule has 1 atom stereocenters. The fourth-order valence-electron chi connectivity index (χ4n) is 1.16. The number of hydrogen-bond acceptors (Lipinski definition) is 4. The van der Waals surface area contributed by atoms with Crippen molar-refractivity contribution < 1.29 is 19.4 Å². The monoisotopic (exact) mass is 320 g/mol. The average molecular weight is 322 g/mol. The number of carbonyl (C=O) groups is 2. The summed E-state index contributed by atoms with van der Waals surface area (Å²) < 4.78 is 4.70. The zero-order valence-electron chi connectivity index (χ0n) is 8.94. The number of aromatic hydroxyl groups is 1. The van der Waals surface area contributed by atoms with Crippen molar-refractivity contribution in [2.24, 2.45) is 0 Å². The second-order valence-corrected chi connectivity index (χ2v) is 4.49. The molecule has 1 aromatic rings. The van der Waals surface area contributed by atoms with Crippen LogP contribution in [0.15, 0.2) is 18.2 Å². The third-order valence-electron chi connectivity index (χ3n) is 1.95. The van der Waals surface area contributed by atoms with E-state index in [0.717, 1.165) is 0 Å². The summed E-state index contributed by atoms with van der Waals surface area (Å²) in [7, 11) is 0. The van der Waals surface area contributed by atoms with E-state index in [2.05, 4.69) is 15.9 Å². The van der Waals surface area contributed by atoms with E-state index in [-0.39, 0.29) is 17.9 Å². The summed E-state index contributed by atoms with van der Waals surface area (Å²) in [6, 6.07) is 4.04. The molecule has 1 unspecified atom stereocenters. The van der Waals surface area contributed by atoms with Gasteiger partial charge in [-0.1, -0.05) is 27.5 Å². The number of carbonyl (C=O) groups excluding carboxylic acids is 2. The highest BCUT2D eigenvalue weighted by Crippen LogP contribution is 2.24. The summed E-state index contributed by atoms with van der Waals surface area (Å²) in [5.41, 5.74) is -0.0209. The Hall–Kier alpha value is -1.07. The summed E-state index contributed by atoms with van der Waals surface area (Å²) in [4.78, 5) is 22.1. The van der Waals surface area contributed by atoms with E-state index in [9.17, 15) is 14.7 Å². The first-order valence-electron chi connectivity index (χ1n) is 4.80. The topological polar surface area (TPSA) is 63.6 Å². The molecule has 0 saturated carbocycles. The Labute approximate surface area is 112 Å². The molecule has 0 radical (unpaired) electrons. The van der Waals surface area contributed by atoms with Crippen LogP contribution in [0.1, 0.15) is 17.3 Å². The summed E-state index contributed by atoms with van der Waals surface area (Å²) >= 11 is 8.64. The second-order valence-electron chi connectivity index (χ2n) is 3.14. The Balaban J connectivity index is 2.96. The van der Waals surface area contributed by atoms with Gasteiger partial charge in [-0.25, -0.2) is 0 Å². The number of hydrogen-bond donors (Lipinski definition) is 1. The molecule has 0 aromatic heterocycles. The van der Waals surface area contributed by atoms with Crippen molar-refractivity contribution in [3.8, 4) is 5.75 Å². The van der Waals surface area contributed by atoms with Crippen molar-refractivity contribution in [3.63, 3.8) is 0 Å². The molecule has 0 aliphatic carbocycles. The molecule has 17 heavy (non-hydrogen) atoms.